The lowest BCUT2D eigenvalue weighted by Crippen LogP contribution is -2.18. The molecule has 0 aliphatic rings. The predicted molar refractivity (Wildman–Crippen MR) is 75.6 cm³/mol. The van der Waals surface area contributed by atoms with E-state index in [1.807, 2.05) is 24.3 Å². The SMILES string of the molecule is CCn1c(-c2cnc3ccccc3n2)nnc1S(N)(=O)=O. The molecular formula is C12H12N6O2S. The maximum Gasteiger partial charge on any atom is 0.273 e. The third-order valence-corrected chi connectivity index (χ3v) is 3.78. The van der Waals surface area contributed by atoms with E-state index in [2.05, 4.69) is 20.2 Å². The molecule has 3 rings (SSSR count). The molecule has 2 N–H and O–H groups in total. The van der Waals surface area contributed by atoms with Gasteiger partial charge in [0.1, 0.15) is 5.69 Å². The number of sulfonamides is 1. The van der Waals surface area contributed by atoms with Crippen LogP contribution >= 0.6 is 0 Å². The lowest BCUT2D eigenvalue weighted by atomic mass is 10.3. The number of hydrogen-bond acceptors (Lipinski definition) is 6. The summed E-state index contributed by atoms with van der Waals surface area (Å²) in [5.41, 5.74) is 1.88. The Morgan fingerprint density at radius 1 is 1.19 bits per heavy atom. The largest absolute Gasteiger partial charge is 0.296 e. The Kier molecular flexibility index (Phi) is 3.15. The molecule has 0 aliphatic carbocycles. The molecule has 0 fully saturated rings. The molecule has 0 aliphatic heterocycles. The van der Waals surface area contributed by atoms with Gasteiger partial charge in [-0.05, 0) is 19.1 Å². The Labute approximate surface area is 120 Å². The highest BCUT2D eigenvalue weighted by Gasteiger charge is 2.21. The minimum atomic E-state index is -3.93. The van der Waals surface area contributed by atoms with Crippen LogP contribution in [0, 0.1) is 0 Å². The molecule has 9 heteroatoms. The maximum absolute atomic E-state index is 11.5. The van der Waals surface area contributed by atoms with Crippen LogP contribution in [0.2, 0.25) is 0 Å². The summed E-state index contributed by atoms with van der Waals surface area (Å²) < 4.78 is 24.4. The summed E-state index contributed by atoms with van der Waals surface area (Å²) in [6, 6.07) is 7.37. The van der Waals surface area contributed by atoms with E-state index in [1.54, 1.807) is 6.92 Å². The van der Waals surface area contributed by atoms with E-state index in [-0.39, 0.29) is 5.16 Å². The first-order valence-corrected chi connectivity index (χ1v) is 7.73. The second kappa shape index (κ2) is 4.86. The second-order valence-electron chi connectivity index (χ2n) is 4.34. The average molecular weight is 304 g/mol. The van der Waals surface area contributed by atoms with Crippen molar-refractivity contribution < 1.29 is 8.42 Å². The first-order valence-electron chi connectivity index (χ1n) is 6.19. The highest BCUT2D eigenvalue weighted by molar-refractivity contribution is 7.89. The van der Waals surface area contributed by atoms with Crippen LogP contribution in [0.25, 0.3) is 22.6 Å². The fraction of sp³-hybridized carbons (Fsp3) is 0.167. The number of nitrogens with two attached hydrogens (primary N) is 1. The Hall–Kier alpha value is -2.39. The van der Waals surface area contributed by atoms with E-state index in [4.69, 9.17) is 5.14 Å². The summed E-state index contributed by atoms with van der Waals surface area (Å²) in [4.78, 5) is 8.71. The number of nitrogens with zero attached hydrogens (tertiary/aromatic N) is 5. The van der Waals surface area contributed by atoms with Crippen molar-refractivity contribution in [1.82, 2.24) is 24.7 Å². The van der Waals surface area contributed by atoms with Gasteiger partial charge in [-0.25, -0.2) is 18.5 Å². The third kappa shape index (κ3) is 2.36. The molecule has 8 nitrogen and oxygen atoms in total. The lowest BCUT2D eigenvalue weighted by molar-refractivity contribution is 0.570. The second-order valence-corrected chi connectivity index (χ2v) is 5.79. The van der Waals surface area contributed by atoms with Crippen LogP contribution in [0.15, 0.2) is 35.6 Å². The smallest absolute Gasteiger partial charge is 0.273 e. The highest BCUT2D eigenvalue weighted by atomic mass is 32.2. The molecule has 21 heavy (non-hydrogen) atoms. The van der Waals surface area contributed by atoms with Crippen molar-refractivity contribution in [2.45, 2.75) is 18.6 Å². The van der Waals surface area contributed by atoms with Gasteiger partial charge in [-0.2, -0.15) is 0 Å². The van der Waals surface area contributed by atoms with Crippen LogP contribution in [-0.2, 0) is 16.6 Å². The van der Waals surface area contributed by atoms with Gasteiger partial charge in [-0.15, -0.1) is 10.2 Å². The van der Waals surface area contributed by atoms with E-state index in [0.29, 0.717) is 23.6 Å². The Balaban J connectivity index is 2.21. The molecule has 2 aromatic heterocycles. The molecular weight excluding hydrogens is 292 g/mol. The van der Waals surface area contributed by atoms with Gasteiger partial charge in [0.25, 0.3) is 15.2 Å². The van der Waals surface area contributed by atoms with Crippen LogP contribution in [-0.4, -0.2) is 33.2 Å². The minimum absolute atomic E-state index is 0.282. The van der Waals surface area contributed by atoms with Gasteiger partial charge >= 0.3 is 0 Å². The zero-order valence-electron chi connectivity index (χ0n) is 11.1. The lowest BCUT2D eigenvalue weighted by Gasteiger charge is -2.06. The molecule has 0 spiro atoms. The number of rotatable bonds is 3. The normalized spacial score (nSPS) is 11.9. The first-order chi connectivity index (χ1) is 10.0. The molecule has 0 amide bonds. The van der Waals surface area contributed by atoms with Crippen LogP contribution in [0.4, 0.5) is 0 Å². The first kappa shape index (κ1) is 13.6. The van der Waals surface area contributed by atoms with E-state index in [1.165, 1.54) is 10.8 Å². The van der Waals surface area contributed by atoms with Crippen molar-refractivity contribution in [1.29, 1.82) is 0 Å². The van der Waals surface area contributed by atoms with Gasteiger partial charge in [0.15, 0.2) is 5.82 Å². The average Bonchev–Trinajstić information content (AvgIpc) is 2.90. The molecule has 0 atom stereocenters. The molecule has 2 heterocycles. The molecule has 1 aromatic carbocycles. The summed E-state index contributed by atoms with van der Waals surface area (Å²) in [5.74, 6) is 0.319. The molecule has 0 saturated carbocycles. The maximum atomic E-state index is 11.5. The molecule has 0 unspecified atom stereocenters. The number of hydrogen-bond donors (Lipinski definition) is 1. The van der Waals surface area contributed by atoms with Gasteiger partial charge in [0, 0.05) is 6.54 Å². The molecule has 108 valence electrons. The Bertz CT molecular complexity index is 918. The summed E-state index contributed by atoms with van der Waals surface area (Å²) in [6.45, 7) is 2.12. The monoisotopic (exact) mass is 304 g/mol. The predicted octanol–water partition coefficient (Wildman–Crippen LogP) is 0.556. The summed E-state index contributed by atoms with van der Waals surface area (Å²) >= 11 is 0. The van der Waals surface area contributed by atoms with Gasteiger partial charge in [0.05, 0.1) is 17.2 Å². The Morgan fingerprint density at radius 3 is 2.57 bits per heavy atom. The van der Waals surface area contributed by atoms with Crippen molar-refractivity contribution >= 4 is 21.1 Å². The third-order valence-electron chi connectivity index (χ3n) is 2.97. The van der Waals surface area contributed by atoms with Crippen LogP contribution in [0.1, 0.15) is 6.92 Å². The summed E-state index contributed by atoms with van der Waals surface area (Å²) in [5, 5.41) is 12.4. The van der Waals surface area contributed by atoms with E-state index < -0.39 is 10.0 Å². The zero-order valence-corrected chi connectivity index (χ0v) is 11.9. The molecule has 0 saturated heterocycles. The number of aromatic nitrogens is 5. The van der Waals surface area contributed by atoms with Crippen LogP contribution in [0.5, 0.6) is 0 Å². The Morgan fingerprint density at radius 2 is 1.90 bits per heavy atom. The summed E-state index contributed by atoms with van der Waals surface area (Å²) in [6.07, 6.45) is 1.53. The fourth-order valence-electron chi connectivity index (χ4n) is 2.04. The van der Waals surface area contributed by atoms with Crippen LogP contribution in [0.3, 0.4) is 0 Å². The molecule has 0 radical (unpaired) electrons. The standard InChI is InChI=1S/C12H12N6O2S/c1-2-18-11(16-17-12(18)21(13,19)20)10-7-14-8-5-3-4-6-9(8)15-10/h3-7H,2H2,1H3,(H2,13,19,20). The quantitative estimate of drug-likeness (QED) is 0.755. The topological polar surface area (TPSA) is 117 Å². The number of fused-ring (bicyclic) bond motifs is 1. The highest BCUT2D eigenvalue weighted by Crippen LogP contribution is 2.19. The van der Waals surface area contributed by atoms with Crippen molar-refractivity contribution in [3.63, 3.8) is 0 Å². The summed E-state index contributed by atoms with van der Waals surface area (Å²) in [7, 11) is -3.93. The van der Waals surface area contributed by atoms with Crippen molar-refractivity contribution in [2.24, 2.45) is 5.14 Å². The van der Waals surface area contributed by atoms with Gasteiger partial charge in [-0.3, -0.25) is 9.55 Å². The number of benzene rings is 1. The number of primary sulfonamides is 1. The van der Waals surface area contributed by atoms with Crippen molar-refractivity contribution in [2.75, 3.05) is 0 Å². The van der Waals surface area contributed by atoms with Gasteiger partial charge < -0.3 is 0 Å². The molecule has 3 aromatic rings. The van der Waals surface area contributed by atoms with Crippen molar-refractivity contribution in [3.05, 3.63) is 30.5 Å². The van der Waals surface area contributed by atoms with Gasteiger partial charge in [0.2, 0.25) is 0 Å². The minimum Gasteiger partial charge on any atom is -0.296 e. The van der Waals surface area contributed by atoms with Crippen molar-refractivity contribution in [3.8, 4) is 11.5 Å². The van der Waals surface area contributed by atoms with E-state index in [0.717, 1.165) is 5.52 Å². The van der Waals surface area contributed by atoms with E-state index >= 15 is 0 Å². The zero-order chi connectivity index (χ0) is 15.0. The fourth-order valence-corrected chi connectivity index (χ4v) is 2.72. The van der Waals surface area contributed by atoms with Gasteiger partial charge in [-0.1, -0.05) is 12.1 Å². The molecule has 0 bridgehead atoms. The van der Waals surface area contributed by atoms with E-state index in [9.17, 15) is 8.42 Å². The van der Waals surface area contributed by atoms with Crippen LogP contribution < -0.4 is 5.14 Å². The number of para-hydroxylation sites is 2.